The van der Waals surface area contributed by atoms with Gasteiger partial charge in [0, 0.05) is 31.5 Å². The Morgan fingerprint density at radius 2 is 1.67 bits per heavy atom. The van der Waals surface area contributed by atoms with Crippen LogP contribution in [0.4, 0.5) is 0 Å². The molecule has 4 N–H and O–H groups in total. The quantitative estimate of drug-likeness (QED) is 0.601. The first-order valence-corrected chi connectivity index (χ1v) is 6.53. The Hall–Kier alpha value is -1.10. The summed E-state index contributed by atoms with van der Waals surface area (Å²) in [6, 6.07) is 0. The van der Waals surface area contributed by atoms with E-state index < -0.39 is 0 Å². The van der Waals surface area contributed by atoms with Crippen LogP contribution < -0.4 is 16.4 Å². The van der Waals surface area contributed by atoms with E-state index in [0.29, 0.717) is 38.3 Å². The number of rotatable bonds is 8. The van der Waals surface area contributed by atoms with Crippen LogP contribution >= 0.6 is 0 Å². The number of hydrogen-bond donors (Lipinski definition) is 3. The highest BCUT2D eigenvalue weighted by Crippen LogP contribution is 2.06. The van der Waals surface area contributed by atoms with Crippen molar-refractivity contribution in [1.82, 2.24) is 10.6 Å². The number of hydrogen-bond acceptors (Lipinski definition) is 3. The van der Waals surface area contributed by atoms with Gasteiger partial charge in [-0.15, -0.1) is 0 Å². The molecule has 0 aromatic carbocycles. The Balaban J connectivity index is 3.59. The van der Waals surface area contributed by atoms with Crippen LogP contribution in [0.25, 0.3) is 0 Å². The van der Waals surface area contributed by atoms with Crippen LogP contribution in [0.1, 0.15) is 47.0 Å². The second kappa shape index (κ2) is 8.08. The van der Waals surface area contributed by atoms with Crippen LogP contribution in [0.15, 0.2) is 0 Å². The summed E-state index contributed by atoms with van der Waals surface area (Å²) in [4.78, 5) is 22.8. The molecule has 0 fully saturated rings. The van der Waals surface area contributed by atoms with E-state index in [-0.39, 0.29) is 17.4 Å². The molecule has 5 nitrogen and oxygen atoms in total. The smallest absolute Gasteiger partial charge is 0.221 e. The van der Waals surface area contributed by atoms with Crippen molar-refractivity contribution in [2.24, 2.45) is 11.7 Å². The Labute approximate surface area is 110 Å². The molecule has 0 radical (unpaired) electrons. The maximum absolute atomic E-state index is 11.4. The van der Waals surface area contributed by atoms with Crippen molar-refractivity contribution in [3.8, 4) is 0 Å². The Morgan fingerprint density at radius 3 is 2.17 bits per heavy atom. The molecule has 0 saturated carbocycles. The highest BCUT2D eigenvalue weighted by Gasteiger charge is 2.13. The third-order valence-electron chi connectivity index (χ3n) is 2.38. The number of nitrogens with two attached hydrogens (primary N) is 1. The predicted molar refractivity (Wildman–Crippen MR) is 73.0 cm³/mol. The lowest BCUT2D eigenvalue weighted by atomic mass is 10.00. The van der Waals surface area contributed by atoms with E-state index in [2.05, 4.69) is 10.6 Å². The summed E-state index contributed by atoms with van der Waals surface area (Å²) in [5.41, 5.74) is 5.46. The van der Waals surface area contributed by atoms with E-state index in [1.54, 1.807) is 0 Å². The first-order chi connectivity index (χ1) is 8.20. The maximum atomic E-state index is 11.4. The second-order valence-corrected chi connectivity index (χ2v) is 5.79. The lowest BCUT2D eigenvalue weighted by Crippen LogP contribution is -2.35. The molecule has 18 heavy (non-hydrogen) atoms. The number of amides is 2. The molecule has 0 atom stereocenters. The molecule has 0 unspecified atom stereocenters. The molecule has 0 saturated heterocycles. The predicted octanol–water partition coefficient (Wildman–Crippen LogP) is 0.782. The van der Waals surface area contributed by atoms with Crippen molar-refractivity contribution >= 4 is 11.8 Å². The maximum Gasteiger partial charge on any atom is 0.221 e. The molecule has 0 aliphatic rings. The summed E-state index contributed by atoms with van der Waals surface area (Å²) < 4.78 is 0. The van der Waals surface area contributed by atoms with E-state index in [0.717, 1.165) is 0 Å². The zero-order valence-electron chi connectivity index (χ0n) is 12.0. The van der Waals surface area contributed by atoms with Crippen molar-refractivity contribution in [3.63, 3.8) is 0 Å². The van der Waals surface area contributed by atoms with Gasteiger partial charge in [-0.2, -0.15) is 0 Å². The minimum Gasteiger partial charge on any atom is -0.356 e. The lowest BCUT2D eigenvalue weighted by molar-refractivity contribution is -0.122. The Bertz CT molecular complexity index is 270. The molecule has 0 bridgehead atoms. The van der Waals surface area contributed by atoms with Gasteiger partial charge in [0.2, 0.25) is 11.8 Å². The standard InChI is InChI=1S/C13H27N3O2/c1-10(2)9-16-12(18)6-8-15-11(17)5-7-13(3,4)14/h10H,5-9,14H2,1-4H3,(H,15,17)(H,16,18). The second-order valence-electron chi connectivity index (χ2n) is 5.79. The molecule has 0 aromatic rings. The molecule has 0 heterocycles. The van der Waals surface area contributed by atoms with Crippen molar-refractivity contribution in [2.75, 3.05) is 13.1 Å². The van der Waals surface area contributed by atoms with Crippen LogP contribution in [-0.4, -0.2) is 30.4 Å². The molecule has 0 rings (SSSR count). The summed E-state index contributed by atoms with van der Waals surface area (Å²) in [7, 11) is 0. The third-order valence-corrected chi connectivity index (χ3v) is 2.38. The first-order valence-electron chi connectivity index (χ1n) is 6.53. The monoisotopic (exact) mass is 257 g/mol. The van der Waals surface area contributed by atoms with Crippen molar-refractivity contribution < 1.29 is 9.59 Å². The highest BCUT2D eigenvalue weighted by atomic mass is 16.2. The van der Waals surface area contributed by atoms with Gasteiger partial charge < -0.3 is 16.4 Å². The summed E-state index contributed by atoms with van der Waals surface area (Å²) >= 11 is 0. The minimum atomic E-state index is -0.327. The third kappa shape index (κ3) is 11.4. The highest BCUT2D eigenvalue weighted by molar-refractivity contribution is 5.78. The number of nitrogens with one attached hydrogen (secondary N) is 2. The molecule has 5 heteroatoms. The van der Waals surface area contributed by atoms with Gasteiger partial charge in [-0.3, -0.25) is 9.59 Å². The van der Waals surface area contributed by atoms with E-state index in [4.69, 9.17) is 5.73 Å². The van der Waals surface area contributed by atoms with Crippen LogP contribution in [0, 0.1) is 5.92 Å². The van der Waals surface area contributed by atoms with Gasteiger partial charge in [0.1, 0.15) is 0 Å². The Morgan fingerprint density at radius 1 is 1.11 bits per heavy atom. The molecule has 106 valence electrons. The topological polar surface area (TPSA) is 84.2 Å². The fraction of sp³-hybridized carbons (Fsp3) is 0.846. The first kappa shape index (κ1) is 16.9. The largest absolute Gasteiger partial charge is 0.356 e. The minimum absolute atomic E-state index is 0.0249. The fourth-order valence-electron chi connectivity index (χ4n) is 1.25. The van der Waals surface area contributed by atoms with Crippen molar-refractivity contribution in [2.45, 2.75) is 52.5 Å². The fourth-order valence-corrected chi connectivity index (χ4v) is 1.25. The van der Waals surface area contributed by atoms with Crippen LogP contribution in [-0.2, 0) is 9.59 Å². The van der Waals surface area contributed by atoms with Gasteiger partial charge in [0.15, 0.2) is 0 Å². The zero-order chi connectivity index (χ0) is 14.2. The van der Waals surface area contributed by atoms with Gasteiger partial charge in [-0.1, -0.05) is 13.8 Å². The van der Waals surface area contributed by atoms with E-state index in [1.807, 2.05) is 27.7 Å². The van der Waals surface area contributed by atoms with Crippen LogP contribution in [0.3, 0.4) is 0 Å². The molecule has 0 aromatic heterocycles. The van der Waals surface area contributed by atoms with Gasteiger partial charge in [-0.05, 0) is 26.2 Å². The summed E-state index contributed by atoms with van der Waals surface area (Å²) in [5.74, 6) is 0.365. The van der Waals surface area contributed by atoms with Crippen LogP contribution in [0.5, 0.6) is 0 Å². The summed E-state index contributed by atoms with van der Waals surface area (Å²) in [6.45, 7) is 8.91. The number of carbonyl (C=O) groups excluding carboxylic acids is 2. The SMILES string of the molecule is CC(C)CNC(=O)CCNC(=O)CCC(C)(C)N. The molecular weight excluding hydrogens is 230 g/mol. The molecule has 2 amide bonds. The average Bonchev–Trinajstić information content (AvgIpc) is 2.22. The van der Waals surface area contributed by atoms with E-state index in [1.165, 1.54) is 0 Å². The normalized spacial score (nSPS) is 11.4. The van der Waals surface area contributed by atoms with Crippen LogP contribution in [0.2, 0.25) is 0 Å². The van der Waals surface area contributed by atoms with Gasteiger partial charge >= 0.3 is 0 Å². The van der Waals surface area contributed by atoms with Gasteiger partial charge in [0.05, 0.1) is 0 Å². The average molecular weight is 257 g/mol. The van der Waals surface area contributed by atoms with Crippen molar-refractivity contribution in [3.05, 3.63) is 0 Å². The van der Waals surface area contributed by atoms with E-state index in [9.17, 15) is 9.59 Å². The number of carbonyl (C=O) groups is 2. The molecule has 0 spiro atoms. The summed E-state index contributed by atoms with van der Waals surface area (Å²) in [6.07, 6.45) is 1.36. The summed E-state index contributed by atoms with van der Waals surface area (Å²) in [5, 5.41) is 5.52. The zero-order valence-corrected chi connectivity index (χ0v) is 12.0. The molecule has 0 aliphatic carbocycles. The van der Waals surface area contributed by atoms with Gasteiger partial charge in [-0.25, -0.2) is 0 Å². The molecular formula is C13H27N3O2. The van der Waals surface area contributed by atoms with Crippen molar-refractivity contribution in [1.29, 1.82) is 0 Å². The van der Waals surface area contributed by atoms with Gasteiger partial charge in [0.25, 0.3) is 0 Å². The Kier molecular flexibility index (Phi) is 7.59. The lowest BCUT2D eigenvalue weighted by Gasteiger charge is -2.17. The van der Waals surface area contributed by atoms with E-state index >= 15 is 0 Å². The molecule has 0 aliphatic heterocycles.